The molecule has 0 saturated carbocycles. The quantitative estimate of drug-likeness (QED) is 0.785. The lowest BCUT2D eigenvalue weighted by atomic mass is 10.3. The molecule has 0 spiro atoms. The van der Waals surface area contributed by atoms with Crippen LogP contribution in [0.5, 0.6) is 0 Å². The van der Waals surface area contributed by atoms with Crippen LogP contribution in [-0.2, 0) is 0 Å². The number of aromatic nitrogens is 4. The average Bonchev–Trinajstić information content (AvgIpc) is 2.48. The Bertz CT molecular complexity index is 691. The van der Waals surface area contributed by atoms with Gasteiger partial charge in [0.1, 0.15) is 5.82 Å². The van der Waals surface area contributed by atoms with Crippen LogP contribution in [-0.4, -0.2) is 57.9 Å². The van der Waals surface area contributed by atoms with E-state index in [1.165, 1.54) is 16.9 Å². The number of nitrogens with zero attached hydrogens (tertiary/aromatic N) is 6. The summed E-state index contributed by atoms with van der Waals surface area (Å²) in [6, 6.07) is 4.77. The number of rotatable bonds is 2. The summed E-state index contributed by atoms with van der Waals surface area (Å²) in [7, 11) is 2.09. The molecule has 1 saturated heterocycles. The van der Waals surface area contributed by atoms with Gasteiger partial charge in [-0.15, -0.1) is 0 Å². The highest BCUT2D eigenvalue weighted by molar-refractivity contribution is 5.48. The third kappa shape index (κ3) is 2.84. The number of piperazine rings is 1. The van der Waals surface area contributed by atoms with Crippen molar-refractivity contribution in [1.29, 1.82) is 0 Å². The van der Waals surface area contributed by atoms with Crippen molar-refractivity contribution in [3.05, 3.63) is 34.7 Å². The fraction of sp³-hybridized carbons (Fsp3) is 0.385. The van der Waals surface area contributed by atoms with E-state index in [1.54, 1.807) is 12.1 Å². The largest absolute Gasteiger partial charge is 0.368 e. The molecule has 3 heterocycles. The molecule has 21 heavy (non-hydrogen) atoms. The van der Waals surface area contributed by atoms with Crippen molar-refractivity contribution < 1.29 is 0 Å². The minimum Gasteiger partial charge on any atom is -0.368 e. The number of likely N-dealkylation sites (N-methyl/N-ethyl adjacent to an activating group) is 1. The molecule has 1 aliphatic heterocycles. The molecular formula is C13H17N7O. The van der Waals surface area contributed by atoms with E-state index in [1.807, 2.05) is 0 Å². The molecule has 1 aliphatic rings. The molecule has 8 nitrogen and oxygen atoms in total. The molecule has 0 amide bonds. The van der Waals surface area contributed by atoms with Crippen molar-refractivity contribution in [2.75, 3.05) is 43.9 Å². The van der Waals surface area contributed by atoms with Crippen molar-refractivity contribution in [2.24, 2.45) is 0 Å². The maximum atomic E-state index is 11.8. The molecule has 0 aliphatic carbocycles. The van der Waals surface area contributed by atoms with E-state index in [0.717, 1.165) is 32.0 Å². The lowest BCUT2D eigenvalue weighted by Crippen LogP contribution is -2.45. The zero-order valence-corrected chi connectivity index (χ0v) is 11.8. The third-order valence-corrected chi connectivity index (χ3v) is 3.48. The molecule has 3 rings (SSSR count). The minimum atomic E-state index is -0.250. The number of nitrogens with two attached hydrogens (primary N) is 1. The molecule has 0 bridgehead atoms. The van der Waals surface area contributed by atoms with Gasteiger partial charge in [0, 0.05) is 44.5 Å². The van der Waals surface area contributed by atoms with Crippen LogP contribution >= 0.6 is 0 Å². The second-order valence-corrected chi connectivity index (χ2v) is 5.01. The first kappa shape index (κ1) is 13.5. The highest BCUT2D eigenvalue weighted by Gasteiger charge is 2.17. The summed E-state index contributed by atoms with van der Waals surface area (Å²) >= 11 is 0. The van der Waals surface area contributed by atoms with E-state index < -0.39 is 0 Å². The van der Waals surface area contributed by atoms with Crippen LogP contribution in [0.3, 0.4) is 0 Å². The minimum absolute atomic E-state index is 0.138. The van der Waals surface area contributed by atoms with Gasteiger partial charge in [-0.25, -0.2) is 0 Å². The van der Waals surface area contributed by atoms with E-state index in [4.69, 9.17) is 5.73 Å². The first-order chi connectivity index (χ1) is 10.1. The van der Waals surface area contributed by atoms with Crippen LogP contribution in [0.2, 0.25) is 0 Å². The summed E-state index contributed by atoms with van der Waals surface area (Å²) in [6.07, 6.45) is 1.54. The first-order valence-corrected chi connectivity index (χ1v) is 6.76. The van der Waals surface area contributed by atoms with Gasteiger partial charge in [0.25, 0.3) is 5.56 Å². The van der Waals surface area contributed by atoms with Crippen LogP contribution in [0.4, 0.5) is 11.8 Å². The Kier molecular flexibility index (Phi) is 3.53. The van der Waals surface area contributed by atoms with Crippen LogP contribution in [0.25, 0.3) is 5.82 Å². The van der Waals surface area contributed by atoms with Crippen LogP contribution in [0.1, 0.15) is 0 Å². The molecule has 0 radical (unpaired) electrons. The fourth-order valence-corrected chi connectivity index (χ4v) is 2.28. The van der Waals surface area contributed by atoms with Gasteiger partial charge in [-0.1, -0.05) is 0 Å². The highest BCUT2D eigenvalue weighted by atomic mass is 16.1. The van der Waals surface area contributed by atoms with Crippen molar-refractivity contribution in [3.63, 3.8) is 0 Å². The van der Waals surface area contributed by atoms with E-state index in [9.17, 15) is 4.79 Å². The predicted octanol–water partition coefficient (Wildman–Crippen LogP) is -0.643. The van der Waals surface area contributed by atoms with Gasteiger partial charge in [0.2, 0.25) is 5.95 Å². The first-order valence-electron chi connectivity index (χ1n) is 6.76. The Morgan fingerprint density at radius 2 is 1.86 bits per heavy atom. The second kappa shape index (κ2) is 5.49. The fourth-order valence-electron chi connectivity index (χ4n) is 2.28. The molecule has 2 N–H and O–H groups in total. The third-order valence-electron chi connectivity index (χ3n) is 3.48. The molecule has 0 atom stereocenters. The van der Waals surface area contributed by atoms with Crippen LogP contribution < -0.4 is 16.2 Å². The van der Waals surface area contributed by atoms with E-state index in [0.29, 0.717) is 5.82 Å². The Hall–Kier alpha value is -2.48. The molecule has 8 heteroatoms. The normalized spacial score (nSPS) is 16.1. The SMILES string of the molecule is CN1CCN(c2cc(-n3ncccc3=O)nc(N)n2)CC1. The van der Waals surface area contributed by atoms with Gasteiger partial charge < -0.3 is 15.5 Å². The second-order valence-electron chi connectivity index (χ2n) is 5.01. The summed E-state index contributed by atoms with van der Waals surface area (Å²) in [5.41, 5.74) is 5.53. The molecule has 0 unspecified atom stereocenters. The number of anilines is 2. The summed E-state index contributed by atoms with van der Waals surface area (Å²) in [6.45, 7) is 3.65. The molecule has 1 fully saturated rings. The zero-order chi connectivity index (χ0) is 14.8. The van der Waals surface area contributed by atoms with Gasteiger partial charge in [-0.2, -0.15) is 19.7 Å². The molecule has 110 valence electrons. The summed E-state index contributed by atoms with van der Waals surface area (Å²) in [5, 5.41) is 4.02. The predicted molar refractivity (Wildman–Crippen MR) is 79.5 cm³/mol. The van der Waals surface area contributed by atoms with E-state index in [-0.39, 0.29) is 11.5 Å². The number of nitrogen functional groups attached to an aromatic ring is 1. The standard InChI is InChI=1S/C13H17N7O/c1-18-5-7-19(8-6-18)10-9-11(17-13(14)16-10)20-12(21)3-2-4-15-20/h2-4,9H,5-8H2,1H3,(H2,14,16,17). The average molecular weight is 287 g/mol. The summed E-state index contributed by atoms with van der Waals surface area (Å²) in [4.78, 5) is 24.6. The monoisotopic (exact) mass is 287 g/mol. The van der Waals surface area contributed by atoms with Gasteiger partial charge in [0.15, 0.2) is 5.82 Å². The molecule has 2 aromatic heterocycles. The number of hydrogen-bond acceptors (Lipinski definition) is 7. The summed E-state index contributed by atoms with van der Waals surface area (Å²) < 4.78 is 1.22. The van der Waals surface area contributed by atoms with Crippen LogP contribution in [0.15, 0.2) is 29.2 Å². The Balaban J connectivity index is 1.97. The van der Waals surface area contributed by atoms with Crippen molar-refractivity contribution in [2.45, 2.75) is 0 Å². The van der Waals surface area contributed by atoms with E-state index in [2.05, 4.69) is 31.9 Å². The van der Waals surface area contributed by atoms with Gasteiger partial charge >= 0.3 is 0 Å². The van der Waals surface area contributed by atoms with Gasteiger partial charge in [-0.05, 0) is 13.1 Å². The topological polar surface area (TPSA) is 93.2 Å². The highest BCUT2D eigenvalue weighted by Crippen LogP contribution is 2.16. The lowest BCUT2D eigenvalue weighted by molar-refractivity contribution is 0.312. The maximum absolute atomic E-state index is 11.8. The Labute approximate surface area is 121 Å². The van der Waals surface area contributed by atoms with Crippen molar-refractivity contribution in [3.8, 4) is 5.82 Å². The summed E-state index contributed by atoms with van der Waals surface area (Å²) in [5.74, 6) is 1.25. The van der Waals surface area contributed by atoms with Crippen molar-refractivity contribution in [1.82, 2.24) is 24.6 Å². The molecule has 0 aromatic carbocycles. The van der Waals surface area contributed by atoms with Gasteiger partial charge in [-0.3, -0.25) is 4.79 Å². The smallest absolute Gasteiger partial charge is 0.272 e. The van der Waals surface area contributed by atoms with E-state index >= 15 is 0 Å². The number of hydrogen-bond donors (Lipinski definition) is 1. The lowest BCUT2D eigenvalue weighted by Gasteiger charge is -2.33. The molecular weight excluding hydrogens is 270 g/mol. The Morgan fingerprint density at radius 3 is 2.57 bits per heavy atom. The van der Waals surface area contributed by atoms with Crippen LogP contribution in [0, 0.1) is 0 Å². The Morgan fingerprint density at radius 1 is 1.14 bits per heavy atom. The van der Waals surface area contributed by atoms with Crippen molar-refractivity contribution >= 4 is 11.8 Å². The van der Waals surface area contributed by atoms with Gasteiger partial charge in [0.05, 0.1) is 0 Å². The molecule has 2 aromatic rings. The maximum Gasteiger partial charge on any atom is 0.272 e. The zero-order valence-electron chi connectivity index (χ0n) is 11.8.